The number of furan rings is 1. The summed E-state index contributed by atoms with van der Waals surface area (Å²) in [5, 5.41) is 6.29. The van der Waals surface area contributed by atoms with E-state index in [1.807, 2.05) is 37.3 Å². The number of nitrogens with one attached hydrogen (secondary N) is 2. The fourth-order valence-electron chi connectivity index (χ4n) is 4.71. The molecule has 6 nitrogen and oxygen atoms in total. The van der Waals surface area contributed by atoms with Crippen molar-refractivity contribution in [2.24, 2.45) is 5.92 Å². The van der Waals surface area contributed by atoms with Gasteiger partial charge < -0.3 is 15.1 Å². The minimum Gasteiger partial charge on any atom is -0.465 e. The van der Waals surface area contributed by atoms with Crippen LogP contribution in [0, 0.1) is 12.8 Å². The zero-order chi connectivity index (χ0) is 22.4. The second-order valence-electron chi connectivity index (χ2n) is 9.34. The lowest BCUT2D eigenvalue weighted by Gasteiger charge is -2.23. The van der Waals surface area contributed by atoms with Gasteiger partial charge in [0.15, 0.2) is 0 Å². The van der Waals surface area contributed by atoms with Crippen molar-refractivity contribution in [2.75, 3.05) is 26.2 Å². The van der Waals surface area contributed by atoms with Crippen LogP contribution in [0.1, 0.15) is 55.6 Å². The van der Waals surface area contributed by atoms with E-state index < -0.39 is 0 Å². The summed E-state index contributed by atoms with van der Waals surface area (Å²) in [6.07, 6.45) is 5.30. The molecule has 6 heteroatoms. The van der Waals surface area contributed by atoms with E-state index in [2.05, 4.69) is 27.7 Å². The lowest BCUT2D eigenvalue weighted by molar-refractivity contribution is -0.124. The zero-order valence-electron chi connectivity index (χ0n) is 19.1. The quantitative estimate of drug-likeness (QED) is 0.725. The molecule has 2 heterocycles. The Balaban J connectivity index is 1.32. The van der Waals surface area contributed by atoms with Crippen molar-refractivity contribution in [1.82, 2.24) is 15.5 Å². The van der Waals surface area contributed by atoms with Crippen LogP contribution < -0.4 is 10.6 Å². The first-order valence-electron chi connectivity index (χ1n) is 11.9. The standard InChI is InChI=1S/C26H35N3O3/c1-20-9-10-23(32-20)19-29-16-5-6-21(11-15-27-24(30)12-17-29)18-28-25(31)26(13-14-26)22-7-3-2-4-8-22/h2-4,7-10,21H,5-6,11-19H2,1H3,(H,27,30)(H,28,31). The molecule has 32 heavy (non-hydrogen) atoms. The Labute approximate surface area is 190 Å². The first-order chi connectivity index (χ1) is 15.5. The maximum Gasteiger partial charge on any atom is 0.230 e. The minimum atomic E-state index is -0.332. The Kier molecular flexibility index (Phi) is 7.30. The normalized spacial score (nSPS) is 21.9. The average molecular weight is 438 g/mol. The van der Waals surface area contributed by atoms with Gasteiger partial charge in [0.2, 0.25) is 11.8 Å². The molecule has 1 atom stereocenters. The van der Waals surface area contributed by atoms with E-state index in [0.717, 1.165) is 68.8 Å². The van der Waals surface area contributed by atoms with Gasteiger partial charge in [0.1, 0.15) is 11.5 Å². The summed E-state index contributed by atoms with van der Waals surface area (Å²) in [6, 6.07) is 14.1. The average Bonchev–Trinajstić information content (AvgIpc) is 3.52. The number of nitrogens with zero attached hydrogens (tertiary/aromatic N) is 1. The maximum absolute atomic E-state index is 13.0. The number of carbonyl (C=O) groups excluding carboxylic acids is 2. The van der Waals surface area contributed by atoms with Crippen LogP contribution in [0.15, 0.2) is 46.9 Å². The molecule has 1 aromatic heterocycles. The van der Waals surface area contributed by atoms with Crippen molar-refractivity contribution >= 4 is 11.8 Å². The predicted molar refractivity (Wildman–Crippen MR) is 124 cm³/mol. The molecule has 1 saturated heterocycles. The monoisotopic (exact) mass is 437 g/mol. The summed E-state index contributed by atoms with van der Waals surface area (Å²) < 4.78 is 5.74. The molecule has 0 spiro atoms. The predicted octanol–water partition coefficient (Wildman–Crippen LogP) is 3.54. The van der Waals surface area contributed by atoms with E-state index >= 15 is 0 Å². The third-order valence-corrected chi connectivity index (χ3v) is 6.85. The summed E-state index contributed by atoms with van der Waals surface area (Å²) in [5.74, 6) is 2.46. The fourth-order valence-corrected chi connectivity index (χ4v) is 4.71. The van der Waals surface area contributed by atoms with E-state index in [9.17, 15) is 9.59 Å². The van der Waals surface area contributed by atoms with Crippen LogP contribution in [0.3, 0.4) is 0 Å². The highest BCUT2D eigenvalue weighted by Crippen LogP contribution is 2.48. The Morgan fingerprint density at radius 2 is 1.97 bits per heavy atom. The molecule has 2 aromatic rings. The third kappa shape index (κ3) is 5.80. The number of aryl methyl sites for hydroxylation is 1. The van der Waals surface area contributed by atoms with Gasteiger partial charge in [0.05, 0.1) is 12.0 Å². The van der Waals surface area contributed by atoms with Crippen LogP contribution >= 0.6 is 0 Å². The second kappa shape index (κ2) is 10.3. The molecule has 1 aliphatic carbocycles. The van der Waals surface area contributed by atoms with Crippen LogP contribution in [-0.2, 0) is 21.5 Å². The molecule has 4 rings (SSSR count). The van der Waals surface area contributed by atoms with Gasteiger partial charge in [-0.25, -0.2) is 0 Å². The molecule has 1 aromatic carbocycles. The first kappa shape index (κ1) is 22.6. The summed E-state index contributed by atoms with van der Waals surface area (Å²) in [4.78, 5) is 27.6. The van der Waals surface area contributed by atoms with E-state index in [1.165, 1.54) is 0 Å². The molecule has 172 valence electrons. The number of hydrogen-bond acceptors (Lipinski definition) is 4. The molecule has 1 aliphatic heterocycles. The van der Waals surface area contributed by atoms with Crippen molar-refractivity contribution < 1.29 is 14.0 Å². The Hall–Kier alpha value is -2.60. The molecule has 1 unspecified atom stereocenters. The van der Waals surface area contributed by atoms with E-state index in [4.69, 9.17) is 4.42 Å². The van der Waals surface area contributed by atoms with Gasteiger partial charge >= 0.3 is 0 Å². The molecule has 1 saturated carbocycles. The van der Waals surface area contributed by atoms with Crippen molar-refractivity contribution in [1.29, 1.82) is 0 Å². The Morgan fingerprint density at radius 1 is 1.16 bits per heavy atom. The highest BCUT2D eigenvalue weighted by atomic mass is 16.3. The zero-order valence-corrected chi connectivity index (χ0v) is 19.1. The highest BCUT2D eigenvalue weighted by Gasteiger charge is 2.51. The lowest BCUT2D eigenvalue weighted by Crippen LogP contribution is -2.38. The summed E-state index contributed by atoms with van der Waals surface area (Å²) >= 11 is 0. The summed E-state index contributed by atoms with van der Waals surface area (Å²) in [7, 11) is 0. The molecular weight excluding hydrogens is 402 g/mol. The van der Waals surface area contributed by atoms with Crippen LogP contribution in [0.25, 0.3) is 0 Å². The van der Waals surface area contributed by atoms with E-state index in [-0.39, 0.29) is 17.2 Å². The highest BCUT2D eigenvalue weighted by molar-refractivity contribution is 5.91. The molecule has 2 N–H and O–H groups in total. The smallest absolute Gasteiger partial charge is 0.230 e. The number of rotatable bonds is 6. The van der Waals surface area contributed by atoms with Gasteiger partial charge in [0.25, 0.3) is 0 Å². The van der Waals surface area contributed by atoms with Crippen LogP contribution in [0.2, 0.25) is 0 Å². The molecule has 2 fully saturated rings. The third-order valence-electron chi connectivity index (χ3n) is 6.85. The maximum atomic E-state index is 13.0. The summed E-state index contributed by atoms with van der Waals surface area (Å²) in [5.41, 5.74) is 0.789. The van der Waals surface area contributed by atoms with Gasteiger partial charge in [0, 0.05) is 26.1 Å². The molecule has 2 aliphatic rings. The molecular formula is C26H35N3O3. The topological polar surface area (TPSA) is 74.6 Å². The van der Waals surface area contributed by atoms with Gasteiger partial charge in [-0.1, -0.05) is 30.3 Å². The number of hydrogen-bond donors (Lipinski definition) is 2. The second-order valence-corrected chi connectivity index (χ2v) is 9.34. The first-order valence-corrected chi connectivity index (χ1v) is 11.9. The van der Waals surface area contributed by atoms with Crippen LogP contribution in [0.5, 0.6) is 0 Å². The number of benzene rings is 1. The Bertz CT molecular complexity index is 904. The largest absolute Gasteiger partial charge is 0.465 e. The number of carbonyl (C=O) groups is 2. The van der Waals surface area contributed by atoms with Gasteiger partial charge in [-0.2, -0.15) is 0 Å². The van der Waals surface area contributed by atoms with Crippen molar-refractivity contribution in [3.8, 4) is 0 Å². The van der Waals surface area contributed by atoms with Crippen molar-refractivity contribution in [3.05, 3.63) is 59.5 Å². The van der Waals surface area contributed by atoms with Gasteiger partial charge in [-0.05, 0) is 69.2 Å². The van der Waals surface area contributed by atoms with E-state index in [0.29, 0.717) is 25.4 Å². The molecule has 2 amide bonds. The minimum absolute atomic E-state index is 0.0938. The SMILES string of the molecule is Cc1ccc(CN2CCCC(CNC(=O)C3(c4ccccc4)CC3)CCNC(=O)CC2)o1. The lowest BCUT2D eigenvalue weighted by atomic mass is 9.94. The fraction of sp³-hybridized carbons (Fsp3) is 0.538. The van der Waals surface area contributed by atoms with Crippen LogP contribution in [-0.4, -0.2) is 42.9 Å². The summed E-state index contributed by atoms with van der Waals surface area (Å²) in [6.45, 7) is 5.66. The van der Waals surface area contributed by atoms with E-state index in [1.54, 1.807) is 0 Å². The Morgan fingerprint density at radius 3 is 2.69 bits per heavy atom. The van der Waals surface area contributed by atoms with Gasteiger partial charge in [-0.3, -0.25) is 14.5 Å². The van der Waals surface area contributed by atoms with Gasteiger partial charge in [-0.15, -0.1) is 0 Å². The molecule has 0 radical (unpaired) electrons. The van der Waals surface area contributed by atoms with Crippen molar-refractivity contribution in [2.45, 2.75) is 57.4 Å². The molecule has 0 bridgehead atoms. The van der Waals surface area contributed by atoms with Crippen molar-refractivity contribution in [3.63, 3.8) is 0 Å². The van der Waals surface area contributed by atoms with Crippen LogP contribution in [0.4, 0.5) is 0 Å². The number of amides is 2.